The molecule has 0 unspecified atom stereocenters. The van der Waals surface area contributed by atoms with E-state index in [1.165, 1.54) is 74.7 Å². The van der Waals surface area contributed by atoms with E-state index in [9.17, 15) is 0 Å². The SMILES string of the molecule is Cc1c2c(cc3ccccc13)Oc1c(C3CCCCC3)sc3cc[n+](C)c-2c13. The lowest BCUT2D eigenvalue weighted by Gasteiger charge is -2.24. The normalized spacial score (nSPS) is 16.4. The average molecular weight is 387 g/mol. The third-order valence-corrected chi connectivity index (χ3v) is 7.95. The van der Waals surface area contributed by atoms with Crippen molar-refractivity contribution in [3.63, 3.8) is 0 Å². The maximum absolute atomic E-state index is 6.71. The van der Waals surface area contributed by atoms with Crippen molar-refractivity contribution < 1.29 is 9.30 Å². The third-order valence-electron chi connectivity index (χ3n) is 6.65. The molecule has 0 spiro atoms. The van der Waals surface area contributed by atoms with Gasteiger partial charge in [0.15, 0.2) is 11.9 Å². The minimum atomic E-state index is 0.655. The first-order valence-corrected chi connectivity index (χ1v) is 11.2. The predicted molar refractivity (Wildman–Crippen MR) is 117 cm³/mol. The fourth-order valence-electron chi connectivity index (χ4n) is 5.24. The summed E-state index contributed by atoms with van der Waals surface area (Å²) in [6.45, 7) is 2.24. The summed E-state index contributed by atoms with van der Waals surface area (Å²) in [4.78, 5) is 1.47. The first kappa shape index (κ1) is 16.6. The van der Waals surface area contributed by atoms with Gasteiger partial charge in [-0.25, -0.2) is 4.57 Å². The van der Waals surface area contributed by atoms with E-state index in [1.807, 2.05) is 11.3 Å². The number of hydrogen-bond donors (Lipinski definition) is 0. The number of pyridine rings is 1. The summed E-state index contributed by atoms with van der Waals surface area (Å²) < 4.78 is 10.4. The van der Waals surface area contributed by atoms with Crippen LogP contribution < -0.4 is 9.30 Å². The second-order valence-electron chi connectivity index (χ2n) is 8.34. The highest BCUT2D eigenvalue weighted by Gasteiger charge is 2.35. The fourth-order valence-corrected chi connectivity index (χ4v) is 6.54. The number of aromatic nitrogens is 1. The molecule has 1 aliphatic carbocycles. The quantitative estimate of drug-likeness (QED) is 0.282. The van der Waals surface area contributed by atoms with Crippen LogP contribution in [0.1, 0.15) is 48.5 Å². The Morgan fingerprint density at radius 3 is 2.75 bits per heavy atom. The van der Waals surface area contributed by atoms with Crippen molar-refractivity contribution in [2.24, 2.45) is 7.05 Å². The van der Waals surface area contributed by atoms with Crippen LogP contribution in [0.15, 0.2) is 42.6 Å². The number of benzene rings is 2. The Hall–Kier alpha value is -2.39. The number of hydrogen-bond acceptors (Lipinski definition) is 2. The standard InChI is InChI=1S/C25H24NOS/c1-15-18-11-7-6-10-17(18)14-19-21(15)23-22-20(12-13-26(23)2)28-25(24(22)27-19)16-8-4-3-5-9-16/h6-7,10-14,16H,3-5,8-9H2,1-2H3/q+1. The highest BCUT2D eigenvalue weighted by Crippen LogP contribution is 2.55. The van der Waals surface area contributed by atoms with E-state index in [0.717, 1.165) is 11.5 Å². The van der Waals surface area contributed by atoms with E-state index < -0.39 is 0 Å². The first-order chi connectivity index (χ1) is 13.7. The predicted octanol–water partition coefficient (Wildman–Crippen LogP) is 7.01. The van der Waals surface area contributed by atoms with Crippen LogP contribution >= 0.6 is 11.3 Å². The molecule has 0 atom stereocenters. The Morgan fingerprint density at radius 2 is 1.89 bits per heavy atom. The van der Waals surface area contributed by atoms with Gasteiger partial charge in [-0.1, -0.05) is 43.5 Å². The van der Waals surface area contributed by atoms with Gasteiger partial charge in [0.25, 0.3) is 0 Å². The molecule has 2 nitrogen and oxygen atoms in total. The van der Waals surface area contributed by atoms with E-state index in [-0.39, 0.29) is 0 Å². The minimum Gasteiger partial charge on any atom is -0.454 e. The molecule has 0 saturated heterocycles. The molecular formula is C25H24NOS+. The lowest BCUT2D eigenvalue weighted by atomic mass is 9.87. The zero-order valence-electron chi connectivity index (χ0n) is 16.4. The number of ether oxygens (including phenoxy) is 1. The van der Waals surface area contributed by atoms with Crippen molar-refractivity contribution in [2.75, 3.05) is 0 Å². The number of thiophene rings is 1. The molecule has 0 radical (unpaired) electrons. The summed E-state index contributed by atoms with van der Waals surface area (Å²) in [7, 11) is 2.17. The topological polar surface area (TPSA) is 13.1 Å². The highest BCUT2D eigenvalue weighted by atomic mass is 32.1. The largest absolute Gasteiger partial charge is 0.454 e. The Kier molecular flexibility index (Phi) is 3.58. The van der Waals surface area contributed by atoms with E-state index in [1.54, 1.807) is 0 Å². The van der Waals surface area contributed by atoms with Crippen LogP contribution in [0, 0.1) is 6.92 Å². The lowest BCUT2D eigenvalue weighted by Crippen LogP contribution is -2.31. The van der Waals surface area contributed by atoms with Gasteiger partial charge in [-0.2, -0.15) is 0 Å². The van der Waals surface area contributed by atoms with Gasteiger partial charge in [0, 0.05) is 6.07 Å². The molecule has 2 aromatic heterocycles. The van der Waals surface area contributed by atoms with E-state index >= 15 is 0 Å². The Bertz CT molecular complexity index is 1250. The Balaban J connectivity index is 1.69. The molecule has 0 bridgehead atoms. The molecule has 2 aromatic carbocycles. The highest BCUT2D eigenvalue weighted by molar-refractivity contribution is 7.19. The summed E-state index contributed by atoms with van der Waals surface area (Å²) in [5.41, 5.74) is 3.88. The van der Waals surface area contributed by atoms with E-state index in [2.05, 4.69) is 61.1 Å². The van der Waals surface area contributed by atoms with E-state index in [0.29, 0.717) is 5.92 Å². The van der Waals surface area contributed by atoms with Gasteiger partial charge < -0.3 is 4.74 Å². The third kappa shape index (κ3) is 2.23. The van der Waals surface area contributed by atoms with Crippen molar-refractivity contribution in [3.05, 3.63) is 53.0 Å². The second-order valence-corrected chi connectivity index (χ2v) is 9.43. The smallest absolute Gasteiger partial charge is 0.228 e. The zero-order valence-corrected chi connectivity index (χ0v) is 17.2. The molecule has 28 heavy (non-hydrogen) atoms. The van der Waals surface area contributed by atoms with Crippen molar-refractivity contribution in [3.8, 4) is 22.8 Å². The molecule has 6 rings (SSSR count). The molecule has 0 amide bonds. The van der Waals surface area contributed by atoms with Gasteiger partial charge in [0.2, 0.25) is 5.69 Å². The van der Waals surface area contributed by atoms with Crippen LogP contribution in [-0.2, 0) is 7.05 Å². The van der Waals surface area contributed by atoms with Crippen molar-refractivity contribution >= 4 is 32.2 Å². The van der Waals surface area contributed by atoms with Crippen LogP contribution in [0.2, 0.25) is 0 Å². The van der Waals surface area contributed by atoms with Crippen LogP contribution in [0.4, 0.5) is 0 Å². The van der Waals surface area contributed by atoms with Gasteiger partial charge in [0.05, 0.1) is 15.1 Å². The Labute approximate surface area is 169 Å². The molecule has 2 aliphatic rings. The van der Waals surface area contributed by atoms with Gasteiger partial charge in [-0.15, -0.1) is 11.3 Å². The summed E-state index contributed by atoms with van der Waals surface area (Å²) in [6.07, 6.45) is 8.89. The molecular weight excluding hydrogens is 362 g/mol. The Morgan fingerprint density at radius 1 is 1.07 bits per heavy atom. The molecule has 1 aliphatic heterocycles. The summed E-state index contributed by atoms with van der Waals surface area (Å²) in [5.74, 6) is 2.81. The molecule has 3 heteroatoms. The van der Waals surface area contributed by atoms with Gasteiger partial charge in [-0.05, 0) is 48.1 Å². The summed E-state index contributed by atoms with van der Waals surface area (Å²) >= 11 is 1.96. The number of aryl methyl sites for hydroxylation is 2. The van der Waals surface area contributed by atoms with Crippen molar-refractivity contribution in [2.45, 2.75) is 44.9 Å². The first-order valence-electron chi connectivity index (χ1n) is 10.4. The summed E-state index contributed by atoms with van der Waals surface area (Å²) in [6, 6.07) is 13.2. The molecule has 1 saturated carbocycles. The maximum atomic E-state index is 6.71. The van der Waals surface area contributed by atoms with E-state index in [4.69, 9.17) is 4.74 Å². The molecule has 140 valence electrons. The van der Waals surface area contributed by atoms with Crippen LogP contribution in [-0.4, -0.2) is 0 Å². The van der Waals surface area contributed by atoms with Gasteiger partial charge in [-0.3, -0.25) is 0 Å². The van der Waals surface area contributed by atoms with Gasteiger partial charge in [0.1, 0.15) is 18.2 Å². The monoisotopic (exact) mass is 386 g/mol. The van der Waals surface area contributed by atoms with Crippen LogP contribution in [0.5, 0.6) is 11.5 Å². The van der Waals surface area contributed by atoms with Crippen LogP contribution in [0.25, 0.3) is 32.1 Å². The fraction of sp³-hybridized carbons (Fsp3) is 0.320. The maximum Gasteiger partial charge on any atom is 0.228 e. The molecule has 1 fully saturated rings. The molecule has 4 aromatic rings. The lowest BCUT2D eigenvalue weighted by molar-refractivity contribution is -0.659. The number of nitrogens with zero attached hydrogens (tertiary/aromatic N) is 1. The number of fused-ring (bicyclic) bond motifs is 3. The van der Waals surface area contributed by atoms with Crippen molar-refractivity contribution in [1.29, 1.82) is 0 Å². The minimum absolute atomic E-state index is 0.655. The average Bonchev–Trinajstić information content (AvgIpc) is 3.10. The van der Waals surface area contributed by atoms with Gasteiger partial charge >= 0.3 is 0 Å². The second kappa shape index (κ2) is 6.05. The number of rotatable bonds is 1. The molecule has 0 N–H and O–H groups in total. The van der Waals surface area contributed by atoms with Crippen LogP contribution in [0.3, 0.4) is 0 Å². The zero-order chi connectivity index (χ0) is 18.8. The summed E-state index contributed by atoms with van der Waals surface area (Å²) in [5, 5.41) is 3.89. The molecule has 3 heterocycles. The van der Waals surface area contributed by atoms with Crippen molar-refractivity contribution in [1.82, 2.24) is 0 Å².